The Labute approximate surface area is 52.7 Å². The average molecular weight is 204 g/mol. The molecule has 0 bridgehead atoms. The van der Waals surface area contributed by atoms with Gasteiger partial charge in [-0.3, -0.25) is 0 Å². The van der Waals surface area contributed by atoms with E-state index in [2.05, 4.69) is 0 Å². The molecule has 0 unspecified atom stereocenters. The van der Waals surface area contributed by atoms with Gasteiger partial charge in [-0.25, -0.2) is 0 Å². The van der Waals surface area contributed by atoms with E-state index in [1.165, 1.54) is 3.21 Å². The molecule has 0 atom stereocenters. The van der Waals surface area contributed by atoms with Crippen LogP contribution in [0.5, 0.6) is 0 Å². The average Bonchev–Trinajstić information content (AvgIpc) is 1.36. The second-order valence-corrected chi connectivity index (χ2v) is 10.6. The van der Waals surface area contributed by atoms with Gasteiger partial charge in [0.05, 0.1) is 0 Å². The third-order valence-corrected chi connectivity index (χ3v) is 6.71. The molecular weight excluding hydrogens is 198 g/mol. The second-order valence-electron chi connectivity index (χ2n) is 1.26. The molecule has 0 aromatic heterocycles. The molecule has 0 spiro atoms. The molecule has 0 nitrogen and oxygen atoms in total. The summed E-state index contributed by atoms with van der Waals surface area (Å²) in [6, 6.07) is 0. The van der Waals surface area contributed by atoms with Crippen LogP contribution < -0.4 is 0 Å². The van der Waals surface area contributed by atoms with Gasteiger partial charge < -0.3 is 0 Å². The number of hydrogen-bond donors (Lipinski definition) is 0. The molecule has 6 heavy (non-hydrogen) atoms. The molecule has 0 saturated carbocycles. The van der Waals surface area contributed by atoms with Crippen LogP contribution in [0.2, 0.25) is 0 Å². The Morgan fingerprint density at radius 3 is 1.50 bits per heavy atom. The molecule has 0 N–H and O–H groups in total. The van der Waals surface area contributed by atoms with E-state index in [0.717, 1.165) is 0 Å². The van der Waals surface area contributed by atoms with Crippen LogP contribution in [0.3, 0.4) is 0 Å². The fourth-order valence-corrected chi connectivity index (χ4v) is 0. The molecule has 36 valence electrons. The monoisotopic (exact) mass is 202 g/mol. The maximum absolute atomic E-state index is 5.54. The quantitative estimate of drug-likeness (QED) is 0.567. The summed E-state index contributed by atoms with van der Waals surface area (Å²) in [4.78, 5) is 0. The first-order valence-corrected chi connectivity index (χ1v) is 9.19. The fraction of sp³-hybridized carbons (Fsp3) is 0.667. The SMILES string of the molecule is C[C](C)=[Zr]([Cl])[Cl]. The summed E-state index contributed by atoms with van der Waals surface area (Å²) in [5, 5.41) is 0. The molecular formula is C3H6Cl2Zr. The molecule has 0 radical (unpaired) electrons. The van der Waals surface area contributed by atoms with Gasteiger partial charge in [0.15, 0.2) is 0 Å². The van der Waals surface area contributed by atoms with Crippen molar-refractivity contribution in [3.05, 3.63) is 0 Å². The first-order valence-electron chi connectivity index (χ1n) is 1.63. The number of halogens is 2. The molecule has 3 heteroatoms. The zero-order valence-corrected chi connectivity index (χ0v) is 7.73. The van der Waals surface area contributed by atoms with Crippen molar-refractivity contribution < 1.29 is 18.9 Å². The van der Waals surface area contributed by atoms with Gasteiger partial charge in [0.1, 0.15) is 0 Å². The van der Waals surface area contributed by atoms with Crippen LogP contribution in [-0.2, 0) is 18.9 Å². The summed E-state index contributed by atoms with van der Waals surface area (Å²) >= 11 is -1.84. The zero-order valence-electron chi connectivity index (χ0n) is 3.76. The fourth-order valence-electron chi connectivity index (χ4n) is 0. The summed E-state index contributed by atoms with van der Waals surface area (Å²) in [6.07, 6.45) is 0. The minimum absolute atomic E-state index is 1.24. The van der Waals surface area contributed by atoms with E-state index in [4.69, 9.17) is 17.0 Å². The van der Waals surface area contributed by atoms with Crippen molar-refractivity contribution in [1.29, 1.82) is 0 Å². The van der Waals surface area contributed by atoms with Crippen molar-refractivity contribution in [2.75, 3.05) is 0 Å². The van der Waals surface area contributed by atoms with Crippen LogP contribution in [0.1, 0.15) is 13.8 Å². The Kier molecular flexibility index (Phi) is 4.09. The molecule has 0 aliphatic heterocycles. The zero-order chi connectivity index (χ0) is 5.15. The van der Waals surface area contributed by atoms with Gasteiger partial charge in [-0.2, -0.15) is 0 Å². The van der Waals surface area contributed by atoms with E-state index >= 15 is 0 Å². The Morgan fingerprint density at radius 1 is 1.33 bits per heavy atom. The van der Waals surface area contributed by atoms with Gasteiger partial charge in [0.25, 0.3) is 0 Å². The van der Waals surface area contributed by atoms with Gasteiger partial charge >= 0.3 is 53.0 Å². The van der Waals surface area contributed by atoms with E-state index in [1.54, 1.807) is 0 Å². The Balaban J connectivity index is 3.68. The summed E-state index contributed by atoms with van der Waals surface area (Å²) < 4.78 is 1.24. The molecule has 0 aromatic rings. The van der Waals surface area contributed by atoms with Crippen LogP contribution in [0.25, 0.3) is 0 Å². The predicted octanol–water partition coefficient (Wildman–Crippen LogP) is 2.12. The van der Waals surface area contributed by atoms with Crippen molar-refractivity contribution in [3.63, 3.8) is 0 Å². The summed E-state index contributed by atoms with van der Waals surface area (Å²) in [6.45, 7) is 3.96. The molecule has 0 rings (SSSR count). The Bertz CT molecular complexity index is 58.9. The van der Waals surface area contributed by atoms with Crippen LogP contribution >= 0.6 is 17.0 Å². The van der Waals surface area contributed by atoms with Gasteiger partial charge in [0, 0.05) is 0 Å². The van der Waals surface area contributed by atoms with Crippen LogP contribution in [0.4, 0.5) is 0 Å². The molecule has 0 aromatic carbocycles. The molecule has 0 heterocycles. The molecule has 0 aliphatic carbocycles. The molecule has 0 saturated heterocycles. The van der Waals surface area contributed by atoms with Gasteiger partial charge in [-0.15, -0.1) is 0 Å². The van der Waals surface area contributed by atoms with Gasteiger partial charge in [0.2, 0.25) is 0 Å². The minimum atomic E-state index is -1.84. The third kappa shape index (κ3) is 3.52. The first-order chi connectivity index (χ1) is 2.64. The van der Waals surface area contributed by atoms with Crippen molar-refractivity contribution in [2.24, 2.45) is 0 Å². The summed E-state index contributed by atoms with van der Waals surface area (Å²) in [5.74, 6) is 0. The van der Waals surface area contributed by atoms with Crippen LogP contribution in [0, 0.1) is 0 Å². The number of rotatable bonds is 0. The van der Waals surface area contributed by atoms with E-state index in [9.17, 15) is 0 Å². The van der Waals surface area contributed by atoms with Gasteiger partial charge in [-0.05, 0) is 0 Å². The molecule has 0 aliphatic rings. The van der Waals surface area contributed by atoms with Crippen molar-refractivity contribution in [3.8, 4) is 0 Å². The van der Waals surface area contributed by atoms with E-state index in [-0.39, 0.29) is 0 Å². The first kappa shape index (κ1) is 7.33. The Morgan fingerprint density at radius 2 is 1.50 bits per heavy atom. The van der Waals surface area contributed by atoms with E-state index in [0.29, 0.717) is 0 Å². The Hall–Kier alpha value is 1.33. The second kappa shape index (κ2) is 3.35. The molecule has 0 amide bonds. The van der Waals surface area contributed by atoms with Crippen LogP contribution in [-0.4, -0.2) is 3.21 Å². The van der Waals surface area contributed by atoms with Crippen molar-refractivity contribution in [2.45, 2.75) is 13.8 Å². The van der Waals surface area contributed by atoms with Crippen molar-refractivity contribution in [1.82, 2.24) is 0 Å². The summed E-state index contributed by atoms with van der Waals surface area (Å²) in [5.41, 5.74) is 0. The summed E-state index contributed by atoms with van der Waals surface area (Å²) in [7, 11) is 11.1. The van der Waals surface area contributed by atoms with E-state index in [1.807, 2.05) is 13.8 Å². The standard InChI is InChI=1S/C3H6.2ClH.Zr/c1-3-2;;;/h1-2H3;2*1H;/q;;;+2/p-2. The topological polar surface area (TPSA) is 0 Å². The van der Waals surface area contributed by atoms with Crippen LogP contribution in [0.15, 0.2) is 0 Å². The maximum atomic E-state index is 5.54. The molecule has 0 fully saturated rings. The predicted molar refractivity (Wildman–Crippen MR) is 28.1 cm³/mol. The van der Waals surface area contributed by atoms with Crippen molar-refractivity contribution >= 4 is 20.2 Å². The number of hydrogen-bond acceptors (Lipinski definition) is 0. The third-order valence-electron chi connectivity index (χ3n) is 0.378. The van der Waals surface area contributed by atoms with Gasteiger partial charge in [-0.1, -0.05) is 0 Å². The normalized spacial score (nSPS) is 8.00. The van der Waals surface area contributed by atoms with E-state index < -0.39 is 18.9 Å².